The van der Waals surface area contributed by atoms with Crippen LogP contribution < -0.4 is 10.6 Å². The molecule has 2 N–H and O–H groups in total. The first-order valence-corrected chi connectivity index (χ1v) is 9.88. The zero-order chi connectivity index (χ0) is 18.9. The Balaban J connectivity index is 0.00000364. The molecule has 0 aromatic carbocycles. The van der Waals surface area contributed by atoms with E-state index >= 15 is 0 Å². The molecule has 0 radical (unpaired) electrons. The lowest BCUT2D eigenvalue weighted by atomic mass is 10.0. The molecule has 8 heteroatoms. The van der Waals surface area contributed by atoms with Gasteiger partial charge in [0.25, 0.3) is 0 Å². The number of aryl methyl sites for hydroxylation is 1. The van der Waals surface area contributed by atoms with E-state index in [-0.39, 0.29) is 30.0 Å². The molecule has 0 aliphatic carbocycles. The van der Waals surface area contributed by atoms with Gasteiger partial charge in [0.2, 0.25) is 0 Å². The summed E-state index contributed by atoms with van der Waals surface area (Å²) in [5.41, 5.74) is 1.21. The molecule has 0 spiro atoms. The van der Waals surface area contributed by atoms with Gasteiger partial charge in [-0.3, -0.25) is 14.6 Å². The Kier molecular flexibility index (Phi) is 11.2. The molecule has 2 unspecified atom stereocenters. The minimum absolute atomic E-state index is 0. The Hall–Kier alpha value is -0.870. The van der Waals surface area contributed by atoms with Crippen LogP contribution in [-0.2, 0) is 7.05 Å². The van der Waals surface area contributed by atoms with Crippen LogP contribution >= 0.6 is 24.0 Å². The van der Waals surface area contributed by atoms with E-state index < -0.39 is 0 Å². The highest BCUT2D eigenvalue weighted by atomic mass is 127. The number of halogens is 1. The summed E-state index contributed by atoms with van der Waals surface area (Å²) in [4.78, 5) is 9.21. The quantitative estimate of drug-likeness (QED) is 0.331. The van der Waals surface area contributed by atoms with Gasteiger partial charge in [-0.05, 0) is 39.9 Å². The summed E-state index contributed by atoms with van der Waals surface area (Å²) >= 11 is 0. The fourth-order valence-electron chi connectivity index (χ4n) is 3.76. The monoisotopic (exact) mass is 491 g/mol. The highest BCUT2D eigenvalue weighted by Gasteiger charge is 2.20. The molecule has 1 aliphatic heterocycles. The largest absolute Gasteiger partial charge is 0.355 e. The number of likely N-dealkylation sites (tertiary alicyclic amines) is 1. The van der Waals surface area contributed by atoms with Crippen molar-refractivity contribution in [2.75, 3.05) is 47.3 Å². The maximum Gasteiger partial charge on any atom is 0.191 e. The van der Waals surface area contributed by atoms with Crippen LogP contribution in [-0.4, -0.2) is 78.9 Å². The Morgan fingerprint density at radius 1 is 1.37 bits per heavy atom. The lowest BCUT2D eigenvalue weighted by molar-refractivity contribution is 0.147. The zero-order valence-corrected chi connectivity index (χ0v) is 19.9. The van der Waals surface area contributed by atoms with Crippen molar-refractivity contribution in [2.45, 2.75) is 44.7 Å². The van der Waals surface area contributed by atoms with Crippen molar-refractivity contribution < 1.29 is 0 Å². The number of piperidine rings is 1. The fourth-order valence-corrected chi connectivity index (χ4v) is 3.76. The molecule has 0 saturated carbocycles. The van der Waals surface area contributed by atoms with Crippen LogP contribution in [0.1, 0.15) is 44.2 Å². The third-order valence-corrected chi connectivity index (χ3v) is 5.33. The number of hydrogen-bond donors (Lipinski definition) is 2. The number of aromatic nitrogens is 2. The van der Waals surface area contributed by atoms with E-state index in [9.17, 15) is 0 Å². The van der Waals surface area contributed by atoms with Gasteiger partial charge in [-0.15, -0.1) is 24.0 Å². The highest BCUT2D eigenvalue weighted by molar-refractivity contribution is 14.0. The van der Waals surface area contributed by atoms with Crippen LogP contribution in [0.15, 0.2) is 17.4 Å². The van der Waals surface area contributed by atoms with Gasteiger partial charge in [0.1, 0.15) is 0 Å². The minimum Gasteiger partial charge on any atom is -0.355 e. The summed E-state index contributed by atoms with van der Waals surface area (Å²) in [5.74, 6) is 0.866. The maximum atomic E-state index is 4.38. The fraction of sp³-hybridized carbons (Fsp3) is 0.789. The second kappa shape index (κ2) is 12.6. The average Bonchev–Trinajstić information content (AvgIpc) is 3.06. The number of nitrogens with one attached hydrogen (secondary N) is 2. The summed E-state index contributed by atoms with van der Waals surface area (Å²) in [7, 11) is 7.97. The average molecular weight is 491 g/mol. The van der Waals surface area contributed by atoms with Crippen LogP contribution in [0.25, 0.3) is 0 Å². The Morgan fingerprint density at radius 3 is 2.74 bits per heavy atom. The van der Waals surface area contributed by atoms with Crippen molar-refractivity contribution in [3.05, 3.63) is 18.0 Å². The Morgan fingerprint density at radius 2 is 2.15 bits per heavy atom. The van der Waals surface area contributed by atoms with Crippen LogP contribution in [0.4, 0.5) is 0 Å². The summed E-state index contributed by atoms with van der Waals surface area (Å²) in [6.07, 6.45) is 9.32. The lowest BCUT2D eigenvalue weighted by Crippen LogP contribution is -2.47. The number of guanidine groups is 1. The molecule has 27 heavy (non-hydrogen) atoms. The standard InChI is InChI=1S/C19H37N7.HI/c1-6-17-9-7-8-11-26(17)12-10-21-19(20-2)22-14-18(24(3)4)16-13-23-25(5)15-16;/h13,15,17-18H,6-12,14H2,1-5H3,(H2,20,21,22);1H. The van der Waals surface area contributed by atoms with Crippen molar-refractivity contribution >= 4 is 29.9 Å². The topological polar surface area (TPSA) is 60.7 Å². The van der Waals surface area contributed by atoms with Crippen molar-refractivity contribution in [3.63, 3.8) is 0 Å². The predicted molar refractivity (Wildman–Crippen MR) is 124 cm³/mol. The number of rotatable bonds is 8. The minimum atomic E-state index is 0. The van der Waals surface area contributed by atoms with Crippen LogP contribution in [0.2, 0.25) is 0 Å². The summed E-state index contributed by atoms with van der Waals surface area (Å²) in [5, 5.41) is 11.2. The smallest absolute Gasteiger partial charge is 0.191 e. The first kappa shape index (κ1) is 24.2. The normalized spacial score (nSPS) is 19.6. The van der Waals surface area contributed by atoms with E-state index in [1.54, 1.807) is 0 Å². The summed E-state index contributed by atoms with van der Waals surface area (Å²) in [6.45, 7) is 6.33. The molecule has 1 aromatic rings. The first-order valence-electron chi connectivity index (χ1n) is 9.88. The van der Waals surface area contributed by atoms with E-state index in [1.807, 2.05) is 25.0 Å². The van der Waals surface area contributed by atoms with Crippen molar-refractivity contribution in [1.29, 1.82) is 0 Å². The Labute approximate surface area is 182 Å². The van der Waals surface area contributed by atoms with Crippen molar-refractivity contribution in [2.24, 2.45) is 12.0 Å². The molecule has 0 amide bonds. The first-order chi connectivity index (χ1) is 12.5. The van der Waals surface area contributed by atoms with Crippen LogP contribution in [0.5, 0.6) is 0 Å². The molecule has 1 fully saturated rings. The lowest BCUT2D eigenvalue weighted by Gasteiger charge is -2.35. The van der Waals surface area contributed by atoms with Gasteiger partial charge in [-0.2, -0.15) is 5.10 Å². The number of likely N-dealkylation sites (N-methyl/N-ethyl adjacent to an activating group) is 1. The van der Waals surface area contributed by atoms with Gasteiger partial charge in [0.15, 0.2) is 5.96 Å². The maximum absolute atomic E-state index is 4.38. The van der Waals surface area contributed by atoms with E-state index in [4.69, 9.17) is 0 Å². The highest BCUT2D eigenvalue weighted by Crippen LogP contribution is 2.18. The van der Waals surface area contributed by atoms with Crippen molar-refractivity contribution in [3.8, 4) is 0 Å². The van der Waals surface area contributed by atoms with Gasteiger partial charge >= 0.3 is 0 Å². The van der Waals surface area contributed by atoms with E-state index in [2.05, 4.69) is 57.7 Å². The SMILES string of the molecule is CCC1CCCCN1CCNC(=NC)NCC(c1cnn(C)c1)N(C)C.I. The molecule has 2 rings (SSSR count). The van der Waals surface area contributed by atoms with Crippen LogP contribution in [0, 0.1) is 0 Å². The molecule has 156 valence electrons. The third kappa shape index (κ3) is 7.57. The van der Waals surface area contributed by atoms with E-state index in [0.717, 1.165) is 31.6 Å². The molecule has 1 saturated heterocycles. The predicted octanol–water partition coefficient (Wildman–Crippen LogP) is 2.07. The zero-order valence-electron chi connectivity index (χ0n) is 17.6. The number of nitrogens with zero attached hydrogens (tertiary/aromatic N) is 5. The van der Waals surface area contributed by atoms with E-state index in [1.165, 1.54) is 37.8 Å². The molecular weight excluding hydrogens is 453 g/mol. The second-order valence-corrected chi connectivity index (χ2v) is 7.40. The summed E-state index contributed by atoms with van der Waals surface area (Å²) in [6, 6.07) is 1.01. The number of hydrogen-bond acceptors (Lipinski definition) is 4. The molecule has 1 aliphatic rings. The summed E-state index contributed by atoms with van der Waals surface area (Å²) < 4.78 is 1.85. The Bertz CT molecular complexity index is 558. The number of aliphatic imine (C=N–C) groups is 1. The molecule has 1 aromatic heterocycles. The van der Waals surface area contributed by atoms with Gasteiger partial charge in [-0.1, -0.05) is 13.3 Å². The van der Waals surface area contributed by atoms with Gasteiger partial charge < -0.3 is 15.5 Å². The van der Waals surface area contributed by atoms with E-state index in [0.29, 0.717) is 0 Å². The molecule has 2 atom stereocenters. The molecule has 7 nitrogen and oxygen atoms in total. The molecular formula is C19H38IN7. The van der Waals surface area contributed by atoms with Gasteiger partial charge in [-0.25, -0.2) is 0 Å². The third-order valence-electron chi connectivity index (χ3n) is 5.33. The molecule has 2 heterocycles. The van der Waals surface area contributed by atoms with Gasteiger partial charge in [0.05, 0.1) is 12.2 Å². The van der Waals surface area contributed by atoms with Gasteiger partial charge in [0, 0.05) is 51.5 Å². The van der Waals surface area contributed by atoms with Crippen molar-refractivity contribution in [1.82, 2.24) is 30.2 Å². The second-order valence-electron chi connectivity index (χ2n) is 7.40. The molecule has 0 bridgehead atoms. The van der Waals surface area contributed by atoms with Crippen LogP contribution in [0.3, 0.4) is 0 Å².